The number of aromatic nitrogens is 2. The number of nitrogens with one attached hydrogen (secondary N) is 1. The van der Waals surface area contributed by atoms with Crippen LogP contribution in [-0.4, -0.2) is 34.7 Å². The number of hydrogen-bond donors (Lipinski definition) is 1. The van der Waals surface area contributed by atoms with Crippen molar-refractivity contribution in [2.24, 2.45) is 15.6 Å². The van der Waals surface area contributed by atoms with Crippen LogP contribution in [0.2, 0.25) is 0 Å². The molecule has 0 spiro atoms. The van der Waals surface area contributed by atoms with Crippen LogP contribution in [0.3, 0.4) is 0 Å². The van der Waals surface area contributed by atoms with Gasteiger partial charge in [-0.2, -0.15) is 13.2 Å². The number of ether oxygens (including phenoxy) is 1. The Morgan fingerprint density at radius 3 is 2.47 bits per heavy atom. The normalized spacial score (nSPS) is 14.7. The monoisotopic (exact) mass is 420 g/mol. The summed E-state index contributed by atoms with van der Waals surface area (Å²) in [6.45, 7) is 3.47. The molecule has 1 aromatic carbocycles. The number of halogens is 3. The number of rotatable bonds is 6. The summed E-state index contributed by atoms with van der Waals surface area (Å²) in [7, 11) is 0. The van der Waals surface area contributed by atoms with Crippen LogP contribution in [-0.2, 0) is 11.0 Å². The van der Waals surface area contributed by atoms with Crippen molar-refractivity contribution in [1.82, 2.24) is 9.97 Å². The molecule has 0 fully saturated rings. The van der Waals surface area contributed by atoms with Crippen molar-refractivity contribution in [2.75, 3.05) is 13.2 Å². The zero-order chi connectivity index (χ0) is 21.9. The molecular weight excluding hydrogens is 401 g/mol. The lowest BCUT2D eigenvalue weighted by atomic mass is 9.94. The van der Waals surface area contributed by atoms with Gasteiger partial charge in [0.25, 0.3) is 5.91 Å². The first kappa shape index (κ1) is 21.4. The van der Waals surface area contributed by atoms with E-state index in [1.54, 1.807) is 26.0 Å². The van der Waals surface area contributed by atoms with Crippen molar-refractivity contribution in [3.05, 3.63) is 58.5 Å². The number of nitroso groups, excluding NO2 is 1. The van der Waals surface area contributed by atoms with Gasteiger partial charge in [0, 0.05) is 11.6 Å². The van der Waals surface area contributed by atoms with Gasteiger partial charge in [0.05, 0.1) is 23.9 Å². The molecule has 1 aromatic heterocycles. The van der Waals surface area contributed by atoms with Gasteiger partial charge < -0.3 is 9.72 Å². The highest BCUT2D eigenvalue weighted by molar-refractivity contribution is 6.01. The molecule has 1 aliphatic rings. The predicted octanol–water partition coefficient (Wildman–Crippen LogP) is 4.40. The number of dihydropyridines is 1. The highest BCUT2D eigenvalue weighted by Gasteiger charge is 2.33. The van der Waals surface area contributed by atoms with E-state index < -0.39 is 23.2 Å². The minimum absolute atomic E-state index is 0.0102. The predicted molar refractivity (Wildman–Crippen MR) is 104 cm³/mol. The van der Waals surface area contributed by atoms with Crippen LogP contribution in [0.15, 0.2) is 46.7 Å². The summed E-state index contributed by atoms with van der Waals surface area (Å²) in [5, 5.41) is 2.44. The lowest BCUT2D eigenvalue weighted by Crippen LogP contribution is -2.29. The summed E-state index contributed by atoms with van der Waals surface area (Å²) < 4.78 is 43.7. The number of hydrogen-bond acceptors (Lipinski definition) is 5. The molecule has 0 unspecified atom stereocenters. The molecule has 10 heteroatoms. The van der Waals surface area contributed by atoms with Crippen LogP contribution in [0.25, 0.3) is 5.57 Å². The van der Waals surface area contributed by atoms with Crippen molar-refractivity contribution in [3.8, 4) is 5.75 Å². The maximum absolute atomic E-state index is 12.7. The molecule has 0 saturated heterocycles. The zero-order valence-corrected chi connectivity index (χ0v) is 16.3. The number of carbonyl (C=O) groups is 1. The van der Waals surface area contributed by atoms with E-state index in [9.17, 15) is 22.9 Å². The molecule has 0 atom stereocenters. The Kier molecular flexibility index (Phi) is 5.86. The largest absolute Gasteiger partial charge is 0.492 e. The zero-order valence-electron chi connectivity index (χ0n) is 16.3. The summed E-state index contributed by atoms with van der Waals surface area (Å²) in [6.07, 6.45) is -1.47. The van der Waals surface area contributed by atoms with Gasteiger partial charge in [-0.1, -0.05) is 18.2 Å². The van der Waals surface area contributed by atoms with Gasteiger partial charge in [-0.05, 0) is 37.1 Å². The summed E-state index contributed by atoms with van der Waals surface area (Å²) in [6, 6.07) is 7.10. The van der Waals surface area contributed by atoms with Crippen molar-refractivity contribution in [1.29, 1.82) is 0 Å². The smallest absolute Gasteiger partial charge is 0.432 e. The lowest BCUT2D eigenvalue weighted by Gasteiger charge is -2.19. The summed E-state index contributed by atoms with van der Waals surface area (Å²) in [4.78, 5) is 32.3. The Bertz CT molecular complexity index is 1010. The number of nitrogens with zero attached hydrogens (tertiary/aromatic N) is 3. The van der Waals surface area contributed by atoms with Crippen LogP contribution in [0, 0.1) is 10.3 Å². The minimum Gasteiger partial charge on any atom is -0.492 e. The molecule has 0 aliphatic carbocycles. The maximum atomic E-state index is 12.7. The van der Waals surface area contributed by atoms with Crippen LogP contribution in [0.5, 0.6) is 5.75 Å². The van der Waals surface area contributed by atoms with Crippen LogP contribution >= 0.6 is 0 Å². The summed E-state index contributed by atoms with van der Waals surface area (Å²) >= 11 is 0. The number of imidazole rings is 1. The first-order valence-corrected chi connectivity index (χ1v) is 9.06. The Morgan fingerprint density at radius 1 is 1.23 bits per heavy atom. The van der Waals surface area contributed by atoms with Crippen molar-refractivity contribution < 1.29 is 22.7 Å². The van der Waals surface area contributed by atoms with Gasteiger partial charge in [-0.3, -0.25) is 9.79 Å². The Balaban J connectivity index is 1.61. The molecule has 158 valence electrons. The van der Waals surface area contributed by atoms with Gasteiger partial charge in [0.2, 0.25) is 0 Å². The van der Waals surface area contributed by atoms with Gasteiger partial charge >= 0.3 is 6.18 Å². The maximum Gasteiger partial charge on any atom is 0.432 e. The molecule has 30 heavy (non-hydrogen) atoms. The van der Waals surface area contributed by atoms with Gasteiger partial charge in [-0.15, -0.1) is 4.91 Å². The number of H-pyrrole nitrogens is 1. The summed E-state index contributed by atoms with van der Waals surface area (Å²) in [5.74, 6) is -0.135. The van der Waals surface area contributed by atoms with Crippen LogP contribution in [0.4, 0.5) is 13.2 Å². The highest BCUT2D eigenvalue weighted by Crippen LogP contribution is 2.28. The van der Waals surface area contributed by atoms with E-state index in [4.69, 9.17) is 4.74 Å². The fourth-order valence-electron chi connectivity index (χ4n) is 2.74. The Labute approximate surface area is 170 Å². The molecular formula is C20H19F3N4O3. The second-order valence-electron chi connectivity index (χ2n) is 7.43. The fourth-order valence-corrected chi connectivity index (χ4v) is 2.74. The quantitative estimate of drug-likeness (QED) is 0.701. The Morgan fingerprint density at radius 2 is 1.93 bits per heavy atom. The van der Waals surface area contributed by atoms with Crippen LogP contribution < -0.4 is 4.74 Å². The molecule has 0 bridgehead atoms. The van der Waals surface area contributed by atoms with E-state index in [0.29, 0.717) is 24.4 Å². The van der Waals surface area contributed by atoms with E-state index in [1.807, 2.05) is 18.2 Å². The molecule has 2 aromatic rings. The number of benzene rings is 1. The van der Waals surface area contributed by atoms with Crippen molar-refractivity contribution in [2.45, 2.75) is 26.4 Å². The van der Waals surface area contributed by atoms with Crippen molar-refractivity contribution >= 4 is 17.2 Å². The van der Waals surface area contributed by atoms with E-state index >= 15 is 0 Å². The van der Waals surface area contributed by atoms with Gasteiger partial charge in [-0.25, -0.2) is 4.98 Å². The molecule has 2 heterocycles. The molecule has 3 rings (SSSR count). The molecule has 1 aliphatic heterocycles. The summed E-state index contributed by atoms with van der Waals surface area (Å²) in [5.41, 5.74) is 0.359. The number of allylic oxidation sites excluding steroid dienone is 1. The van der Waals surface area contributed by atoms with E-state index in [2.05, 4.69) is 20.1 Å². The highest BCUT2D eigenvalue weighted by atomic mass is 19.4. The third-order valence-corrected chi connectivity index (χ3v) is 4.62. The third-order valence-electron chi connectivity index (χ3n) is 4.62. The lowest BCUT2D eigenvalue weighted by molar-refractivity contribution is -0.140. The first-order valence-electron chi connectivity index (χ1n) is 9.06. The average molecular weight is 420 g/mol. The van der Waals surface area contributed by atoms with E-state index in [-0.39, 0.29) is 12.4 Å². The Hall–Kier alpha value is -3.30. The van der Waals surface area contributed by atoms with Crippen LogP contribution in [0.1, 0.15) is 37.4 Å². The molecule has 0 radical (unpaired) electrons. The number of alkyl halides is 3. The molecule has 0 saturated carbocycles. The fraction of sp³-hybridized carbons (Fsp3) is 0.350. The van der Waals surface area contributed by atoms with E-state index in [1.165, 1.54) is 0 Å². The topological polar surface area (TPSA) is 96.8 Å². The molecule has 1 amide bonds. The number of amides is 1. The second-order valence-corrected chi connectivity index (χ2v) is 7.43. The average Bonchev–Trinajstić information content (AvgIpc) is 3.23. The van der Waals surface area contributed by atoms with Crippen molar-refractivity contribution in [3.63, 3.8) is 0 Å². The number of aromatic amines is 1. The van der Waals surface area contributed by atoms with Gasteiger partial charge in [0.1, 0.15) is 18.1 Å². The van der Waals surface area contributed by atoms with E-state index in [0.717, 1.165) is 17.3 Å². The number of aliphatic imine (C=N–C) groups is 1. The first-order chi connectivity index (χ1) is 14.1. The standard InChI is InChI=1S/C20H19F3N4O3/c1-19(2,18(28)27-29)11-30-14-6-3-12(4-7-14)13-5-8-15(24-9-13)17-25-10-16(26-17)20(21,22)23/h3-7,10H,8-9,11H2,1-2H3,(H,25,26). The second kappa shape index (κ2) is 8.21. The molecule has 7 nitrogen and oxygen atoms in total. The number of carbonyl (C=O) groups excluding carboxylic acids is 1. The third kappa shape index (κ3) is 4.81. The van der Waals surface area contributed by atoms with Gasteiger partial charge in [0.15, 0.2) is 5.82 Å². The SMILES string of the molecule is CC(C)(COc1ccc(C2=CCC(c3ncc(C(F)(F)F)[nH]3)=NC2)cc1)C(=O)N=O. The molecule has 1 N–H and O–H groups in total. The minimum atomic E-state index is -4.47.